The van der Waals surface area contributed by atoms with Gasteiger partial charge in [-0.15, -0.1) is 0 Å². The normalized spacial score (nSPS) is 10.6. The molecule has 0 aliphatic carbocycles. The minimum Gasteiger partial charge on any atom is -0.507 e. The Labute approximate surface area is 128 Å². The average molecular weight is 299 g/mol. The van der Waals surface area contributed by atoms with Crippen LogP contribution < -0.4 is 10.2 Å². The van der Waals surface area contributed by atoms with E-state index in [0.29, 0.717) is 23.5 Å². The molecule has 0 saturated carbocycles. The Morgan fingerprint density at radius 3 is 2.86 bits per heavy atom. The molecule has 1 aromatic heterocycles. The molecule has 22 heavy (non-hydrogen) atoms. The van der Waals surface area contributed by atoms with Gasteiger partial charge in [-0.05, 0) is 38.1 Å². The zero-order valence-corrected chi connectivity index (χ0v) is 12.4. The first kappa shape index (κ1) is 15.5. The average Bonchev–Trinajstić information content (AvgIpc) is 2.50. The van der Waals surface area contributed by atoms with Crippen molar-refractivity contribution in [1.29, 1.82) is 0 Å². The predicted octanol–water partition coefficient (Wildman–Crippen LogP) is 2.26. The Bertz CT molecular complexity index is 682. The Hall–Kier alpha value is -2.89. The van der Waals surface area contributed by atoms with Crippen LogP contribution in [0.15, 0.2) is 41.6 Å². The highest BCUT2D eigenvalue weighted by Crippen LogP contribution is 2.22. The zero-order chi connectivity index (χ0) is 15.9. The summed E-state index contributed by atoms with van der Waals surface area (Å²) >= 11 is 0. The second-order valence-corrected chi connectivity index (χ2v) is 4.54. The quantitative estimate of drug-likeness (QED) is 0.655. The van der Waals surface area contributed by atoms with Crippen molar-refractivity contribution in [3.8, 4) is 11.5 Å². The van der Waals surface area contributed by atoms with Crippen molar-refractivity contribution >= 4 is 12.1 Å². The molecule has 2 aromatic rings. The van der Waals surface area contributed by atoms with E-state index in [2.05, 4.69) is 15.5 Å². The SMILES string of the molecule is CCOc1ccc(C=NNC(=O)c2ccc(C)nc2)c(O)c1. The van der Waals surface area contributed by atoms with Crippen molar-refractivity contribution in [2.24, 2.45) is 5.10 Å². The van der Waals surface area contributed by atoms with E-state index in [1.165, 1.54) is 18.5 Å². The van der Waals surface area contributed by atoms with Crippen molar-refractivity contribution in [3.63, 3.8) is 0 Å². The summed E-state index contributed by atoms with van der Waals surface area (Å²) in [7, 11) is 0. The standard InChI is InChI=1S/C16H17N3O3/c1-3-22-14-7-6-12(15(20)8-14)10-18-19-16(21)13-5-4-11(2)17-9-13/h4-10,20H,3H2,1-2H3,(H,19,21). The van der Waals surface area contributed by atoms with E-state index in [4.69, 9.17) is 4.74 Å². The maximum atomic E-state index is 11.8. The van der Waals surface area contributed by atoms with Gasteiger partial charge in [0.05, 0.1) is 18.4 Å². The summed E-state index contributed by atoms with van der Waals surface area (Å²) in [6.07, 6.45) is 2.85. The van der Waals surface area contributed by atoms with Crippen LogP contribution in [0.4, 0.5) is 0 Å². The van der Waals surface area contributed by atoms with Crippen LogP contribution in [0.1, 0.15) is 28.5 Å². The molecule has 1 amide bonds. The Morgan fingerprint density at radius 2 is 2.23 bits per heavy atom. The highest BCUT2D eigenvalue weighted by atomic mass is 16.5. The van der Waals surface area contributed by atoms with Gasteiger partial charge >= 0.3 is 0 Å². The number of nitrogens with one attached hydrogen (secondary N) is 1. The third-order valence-electron chi connectivity index (χ3n) is 2.86. The number of aromatic hydroxyl groups is 1. The molecule has 0 aliphatic heterocycles. The molecule has 2 N–H and O–H groups in total. The van der Waals surface area contributed by atoms with E-state index < -0.39 is 0 Å². The van der Waals surface area contributed by atoms with Gasteiger partial charge in [-0.1, -0.05) is 0 Å². The van der Waals surface area contributed by atoms with Crippen LogP contribution in [0.3, 0.4) is 0 Å². The largest absolute Gasteiger partial charge is 0.507 e. The fourth-order valence-corrected chi connectivity index (χ4v) is 1.72. The van der Waals surface area contributed by atoms with Crippen molar-refractivity contribution in [2.75, 3.05) is 6.61 Å². The first-order valence-electron chi connectivity index (χ1n) is 6.82. The number of nitrogens with zero attached hydrogens (tertiary/aromatic N) is 2. The molecule has 0 unspecified atom stereocenters. The number of aromatic nitrogens is 1. The third kappa shape index (κ3) is 4.05. The summed E-state index contributed by atoms with van der Waals surface area (Å²) < 4.78 is 5.27. The number of benzene rings is 1. The minimum atomic E-state index is -0.367. The minimum absolute atomic E-state index is 0.0287. The molecule has 1 heterocycles. The molecule has 0 spiro atoms. The first-order chi connectivity index (χ1) is 10.6. The van der Waals surface area contributed by atoms with Crippen LogP contribution >= 0.6 is 0 Å². The lowest BCUT2D eigenvalue weighted by atomic mass is 10.2. The zero-order valence-electron chi connectivity index (χ0n) is 12.4. The van der Waals surface area contributed by atoms with Gasteiger partial charge in [0.1, 0.15) is 11.5 Å². The molecule has 0 fully saturated rings. The topological polar surface area (TPSA) is 83.8 Å². The van der Waals surface area contributed by atoms with Gasteiger partial charge in [-0.3, -0.25) is 9.78 Å². The van der Waals surface area contributed by atoms with Crippen LogP contribution in [0.25, 0.3) is 0 Å². The van der Waals surface area contributed by atoms with Gasteiger partial charge in [-0.2, -0.15) is 5.10 Å². The number of amides is 1. The number of carbonyl (C=O) groups excluding carboxylic acids is 1. The van der Waals surface area contributed by atoms with E-state index in [-0.39, 0.29) is 11.7 Å². The highest BCUT2D eigenvalue weighted by molar-refractivity contribution is 5.94. The van der Waals surface area contributed by atoms with Gasteiger partial charge in [0.25, 0.3) is 5.91 Å². The highest BCUT2D eigenvalue weighted by Gasteiger charge is 2.04. The van der Waals surface area contributed by atoms with Crippen molar-refractivity contribution < 1.29 is 14.6 Å². The summed E-state index contributed by atoms with van der Waals surface area (Å²) in [5.74, 6) is 0.238. The van der Waals surface area contributed by atoms with Gasteiger partial charge in [-0.25, -0.2) is 5.43 Å². The predicted molar refractivity (Wildman–Crippen MR) is 83.3 cm³/mol. The van der Waals surface area contributed by atoms with E-state index in [1.54, 1.807) is 24.3 Å². The molecule has 0 bridgehead atoms. The smallest absolute Gasteiger partial charge is 0.272 e. The number of pyridine rings is 1. The van der Waals surface area contributed by atoms with E-state index in [9.17, 15) is 9.90 Å². The van der Waals surface area contributed by atoms with Gasteiger partial charge in [0.15, 0.2) is 0 Å². The van der Waals surface area contributed by atoms with Crippen LogP contribution in [0, 0.1) is 6.92 Å². The molecule has 114 valence electrons. The summed E-state index contributed by atoms with van der Waals surface area (Å²) in [6.45, 7) is 4.23. The Balaban J connectivity index is 2.00. The molecular weight excluding hydrogens is 282 g/mol. The number of rotatable bonds is 5. The second kappa shape index (κ2) is 7.21. The van der Waals surface area contributed by atoms with Crippen molar-refractivity contribution in [1.82, 2.24) is 10.4 Å². The first-order valence-corrected chi connectivity index (χ1v) is 6.82. The number of phenols is 1. The van der Waals surface area contributed by atoms with E-state index in [1.807, 2.05) is 13.8 Å². The number of hydrogen-bond acceptors (Lipinski definition) is 5. The summed E-state index contributed by atoms with van der Waals surface area (Å²) in [6, 6.07) is 8.29. The molecule has 0 radical (unpaired) electrons. The molecule has 0 saturated heterocycles. The number of hydrazone groups is 1. The lowest BCUT2D eigenvalue weighted by molar-refractivity contribution is 0.0954. The van der Waals surface area contributed by atoms with Crippen LogP contribution in [-0.4, -0.2) is 28.8 Å². The maximum Gasteiger partial charge on any atom is 0.272 e. The van der Waals surface area contributed by atoms with Crippen LogP contribution in [-0.2, 0) is 0 Å². The molecule has 6 heteroatoms. The summed E-state index contributed by atoms with van der Waals surface area (Å²) in [5.41, 5.74) is 4.11. The molecule has 0 atom stereocenters. The fourth-order valence-electron chi connectivity index (χ4n) is 1.72. The van der Waals surface area contributed by atoms with Gasteiger partial charge < -0.3 is 9.84 Å². The van der Waals surface area contributed by atoms with Gasteiger partial charge in [0.2, 0.25) is 0 Å². The van der Waals surface area contributed by atoms with Crippen LogP contribution in [0.2, 0.25) is 0 Å². The number of carbonyl (C=O) groups is 1. The van der Waals surface area contributed by atoms with Crippen molar-refractivity contribution in [3.05, 3.63) is 53.3 Å². The lowest BCUT2D eigenvalue weighted by Crippen LogP contribution is -2.17. The monoisotopic (exact) mass is 299 g/mol. The molecule has 6 nitrogen and oxygen atoms in total. The summed E-state index contributed by atoms with van der Waals surface area (Å²) in [5, 5.41) is 13.7. The number of hydrogen-bond donors (Lipinski definition) is 2. The molecule has 0 aliphatic rings. The lowest BCUT2D eigenvalue weighted by Gasteiger charge is -2.05. The number of ether oxygens (including phenoxy) is 1. The summed E-state index contributed by atoms with van der Waals surface area (Å²) in [4.78, 5) is 15.9. The molecule has 2 rings (SSSR count). The van der Waals surface area contributed by atoms with E-state index >= 15 is 0 Å². The molecule has 1 aromatic carbocycles. The van der Waals surface area contributed by atoms with Crippen molar-refractivity contribution in [2.45, 2.75) is 13.8 Å². The maximum absolute atomic E-state index is 11.8. The third-order valence-corrected chi connectivity index (χ3v) is 2.86. The second-order valence-electron chi connectivity index (χ2n) is 4.54. The van der Waals surface area contributed by atoms with Gasteiger partial charge in [0, 0.05) is 23.5 Å². The Kier molecular flexibility index (Phi) is 5.08. The van der Waals surface area contributed by atoms with E-state index in [0.717, 1.165) is 5.69 Å². The Morgan fingerprint density at radius 1 is 1.41 bits per heavy atom. The fraction of sp³-hybridized carbons (Fsp3) is 0.188. The molecular formula is C16H17N3O3. The number of phenolic OH excluding ortho intramolecular Hbond substituents is 1. The van der Waals surface area contributed by atoms with Crippen LogP contribution in [0.5, 0.6) is 11.5 Å². The number of aryl methyl sites for hydroxylation is 1.